The summed E-state index contributed by atoms with van der Waals surface area (Å²) in [5, 5.41) is 0.0472. The average Bonchev–Trinajstić information content (AvgIpc) is 2.73. The van der Waals surface area contributed by atoms with Crippen LogP contribution in [-0.2, 0) is 21.0 Å². The van der Waals surface area contributed by atoms with Crippen molar-refractivity contribution in [1.82, 2.24) is 9.34 Å². The summed E-state index contributed by atoms with van der Waals surface area (Å²) in [5.41, 5.74) is 0.698. The van der Waals surface area contributed by atoms with Crippen LogP contribution in [0.15, 0.2) is 24.5 Å². The van der Waals surface area contributed by atoms with Crippen LogP contribution in [-0.4, -0.2) is 70.5 Å². The standard InChI is InChI=1S/C25H47N3O4PS/c1-11-30-24(31-16-17-34-25(29)23-12-14-26(10)15-13-23)18-32-33(27(19(2)3)20(4)5)28(21(6)7)22(8)9/h12-15,19-22,24H,11,16-18H2,1-10H3/q+1. The summed E-state index contributed by atoms with van der Waals surface area (Å²) in [6.07, 6.45) is 3.28. The minimum atomic E-state index is -1.01. The molecule has 1 aromatic rings. The van der Waals surface area contributed by atoms with Crippen molar-refractivity contribution in [2.24, 2.45) is 7.05 Å². The molecule has 0 aliphatic heterocycles. The molecular weight excluding hydrogens is 469 g/mol. The predicted molar refractivity (Wildman–Crippen MR) is 143 cm³/mol. The molecule has 0 amide bonds. The van der Waals surface area contributed by atoms with Crippen LogP contribution in [0.3, 0.4) is 0 Å². The van der Waals surface area contributed by atoms with Crippen LogP contribution < -0.4 is 4.57 Å². The van der Waals surface area contributed by atoms with Crippen molar-refractivity contribution in [3.05, 3.63) is 30.1 Å². The molecule has 0 radical (unpaired) electrons. The Hall–Kier alpha value is -0.600. The average molecular weight is 517 g/mol. The number of ether oxygens (including phenoxy) is 2. The van der Waals surface area contributed by atoms with Gasteiger partial charge < -0.3 is 14.0 Å². The molecule has 0 bridgehead atoms. The number of hydrogen-bond acceptors (Lipinski definition) is 7. The molecule has 0 saturated heterocycles. The molecule has 7 nitrogen and oxygen atoms in total. The van der Waals surface area contributed by atoms with Gasteiger partial charge in [0.25, 0.3) is 0 Å². The van der Waals surface area contributed by atoms with Crippen LogP contribution in [0.5, 0.6) is 0 Å². The number of aryl methyl sites for hydroxylation is 1. The van der Waals surface area contributed by atoms with E-state index in [4.69, 9.17) is 14.0 Å². The Morgan fingerprint density at radius 3 is 1.88 bits per heavy atom. The zero-order valence-corrected chi connectivity index (χ0v) is 24.6. The van der Waals surface area contributed by atoms with E-state index in [9.17, 15) is 4.79 Å². The summed E-state index contributed by atoms with van der Waals surface area (Å²) in [5.74, 6) is 0.562. The van der Waals surface area contributed by atoms with Gasteiger partial charge in [-0.15, -0.1) is 0 Å². The minimum absolute atomic E-state index is 0.0472. The third-order valence-electron chi connectivity index (χ3n) is 5.02. The van der Waals surface area contributed by atoms with Crippen LogP contribution in [0, 0.1) is 0 Å². The smallest absolute Gasteiger partial charge is 0.219 e. The zero-order chi connectivity index (χ0) is 25.8. The van der Waals surface area contributed by atoms with Gasteiger partial charge in [-0.2, -0.15) is 0 Å². The Kier molecular flexibility index (Phi) is 15.0. The van der Waals surface area contributed by atoms with Gasteiger partial charge in [0.1, 0.15) is 13.7 Å². The molecule has 34 heavy (non-hydrogen) atoms. The van der Waals surface area contributed by atoms with E-state index in [1.807, 2.05) is 43.1 Å². The third kappa shape index (κ3) is 10.6. The molecule has 0 saturated carbocycles. The first-order valence-corrected chi connectivity index (χ1v) is 14.5. The van der Waals surface area contributed by atoms with E-state index in [1.54, 1.807) is 0 Å². The second-order valence-electron chi connectivity index (χ2n) is 9.33. The molecule has 196 valence electrons. The fourth-order valence-electron chi connectivity index (χ4n) is 3.73. The monoisotopic (exact) mass is 516 g/mol. The second kappa shape index (κ2) is 16.2. The first-order chi connectivity index (χ1) is 16.0. The van der Waals surface area contributed by atoms with Crippen molar-refractivity contribution >= 4 is 25.3 Å². The molecule has 0 aromatic carbocycles. The molecule has 9 heteroatoms. The van der Waals surface area contributed by atoms with Crippen molar-refractivity contribution in [3.8, 4) is 0 Å². The van der Waals surface area contributed by atoms with E-state index >= 15 is 0 Å². The highest BCUT2D eigenvalue weighted by Gasteiger charge is 2.35. The molecule has 0 aliphatic carbocycles. The van der Waals surface area contributed by atoms with Gasteiger partial charge in [-0.05, 0) is 62.3 Å². The Bertz CT molecular complexity index is 668. The van der Waals surface area contributed by atoms with Gasteiger partial charge in [0.2, 0.25) is 5.12 Å². The number of aromatic nitrogens is 1. The lowest BCUT2D eigenvalue weighted by molar-refractivity contribution is -0.671. The van der Waals surface area contributed by atoms with Crippen molar-refractivity contribution in [2.75, 3.05) is 25.6 Å². The van der Waals surface area contributed by atoms with Gasteiger partial charge in [-0.1, -0.05) is 11.8 Å². The van der Waals surface area contributed by atoms with E-state index < -0.39 is 14.7 Å². The second-order valence-corrected chi connectivity index (χ2v) is 12.1. The van der Waals surface area contributed by atoms with Crippen LogP contribution in [0.25, 0.3) is 0 Å². The maximum absolute atomic E-state index is 12.4. The van der Waals surface area contributed by atoms with Crippen molar-refractivity contribution < 1.29 is 23.4 Å². The van der Waals surface area contributed by atoms with Crippen LogP contribution in [0.4, 0.5) is 0 Å². The molecule has 0 fully saturated rings. The lowest BCUT2D eigenvalue weighted by Gasteiger charge is -2.45. The Balaban J connectivity index is 2.75. The summed E-state index contributed by atoms with van der Waals surface area (Å²) >= 11 is 1.26. The largest absolute Gasteiger partial charge is 0.351 e. The molecule has 1 unspecified atom stereocenters. The molecule has 0 aliphatic rings. The fourth-order valence-corrected chi connectivity index (χ4v) is 6.74. The zero-order valence-electron chi connectivity index (χ0n) is 22.9. The quantitative estimate of drug-likeness (QED) is 0.129. The highest BCUT2D eigenvalue weighted by atomic mass is 32.2. The highest BCUT2D eigenvalue weighted by molar-refractivity contribution is 8.14. The van der Waals surface area contributed by atoms with Gasteiger partial charge in [0.05, 0.1) is 6.61 Å². The summed E-state index contributed by atoms with van der Waals surface area (Å²) < 4.78 is 25.2. The van der Waals surface area contributed by atoms with Gasteiger partial charge >= 0.3 is 0 Å². The van der Waals surface area contributed by atoms with Crippen LogP contribution >= 0.6 is 20.2 Å². The van der Waals surface area contributed by atoms with E-state index in [1.165, 1.54) is 11.8 Å². The Morgan fingerprint density at radius 2 is 1.44 bits per heavy atom. The van der Waals surface area contributed by atoms with Crippen LogP contribution in [0.2, 0.25) is 0 Å². The number of rotatable bonds is 16. The molecular formula is C25H47N3O4PS+. The summed E-state index contributed by atoms with van der Waals surface area (Å²) in [6, 6.07) is 5.06. The number of pyridine rings is 1. The topological polar surface area (TPSA) is 55.1 Å². The molecule has 0 N–H and O–H groups in total. The predicted octanol–water partition coefficient (Wildman–Crippen LogP) is 5.24. The SMILES string of the molecule is CCOC(COP(N(C(C)C)C(C)C)N(C(C)C)C(C)C)OCCSC(=O)c1cc[n+](C)cc1. The maximum atomic E-state index is 12.4. The van der Waals surface area contributed by atoms with Crippen molar-refractivity contribution in [2.45, 2.75) is 92.8 Å². The normalized spacial score (nSPS) is 13.4. The Morgan fingerprint density at radius 1 is 0.941 bits per heavy atom. The van der Waals surface area contributed by atoms with Gasteiger partial charge in [-0.25, -0.2) is 13.9 Å². The lowest BCUT2D eigenvalue weighted by atomic mass is 10.3. The summed E-state index contributed by atoms with van der Waals surface area (Å²) in [6.45, 7) is 21.0. The van der Waals surface area contributed by atoms with Gasteiger partial charge in [0, 0.05) is 54.2 Å². The number of carbonyl (C=O) groups excluding carboxylic acids is 1. The minimum Gasteiger partial charge on any atom is -0.351 e. The third-order valence-corrected chi connectivity index (χ3v) is 8.91. The number of carbonyl (C=O) groups is 1. The Labute approximate surface area is 213 Å². The van der Waals surface area contributed by atoms with Crippen molar-refractivity contribution in [3.63, 3.8) is 0 Å². The van der Waals surface area contributed by atoms with E-state index in [0.717, 1.165) is 0 Å². The van der Waals surface area contributed by atoms with Crippen molar-refractivity contribution in [1.29, 1.82) is 0 Å². The fraction of sp³-hybridized carbons (Fsp3) is 0.760. The molecule has 1 aromatic heterocycles. The van der Waals surface area contributed by atoms with Gasteiger partial charge in [0.15, 0.2) is 27.1 Å². The first-order valence-electron chi connectivity index (χ1n) is 12.3. The maximum Gasteiger partial charge on any atom is 0.219 e. The van der Waals surface area contributed by atoms with Crippen LogP contribution in [0.1, 0.15) is 72.7 Å². The first kappa shape index (κ1) is 31.4. The number of hydrogen-bond donors (Lipinski definition) is 0. The number of thioether (sulfide) groups is 1. The van der Waals surface area contributed by atoms with E-state index in [-0.39, 0.29) is 5.12 Å². The van der Waals surface area contributed by atoms with E-state index in [0.29, 0.717) is 55.3 Å². The lowest BCUT2D eigenvalue weighted by Crippen LogP contribution is -2.44. The molecule has 1 atom stereocenters. The molecule has 1 heterocycles. The van der Waals surface area contributed by atoms with Gasteiger partial charge in [-0.3, -0.25) is 4.79 Å². The summed E-state index contributed by atoms with van der Waals surface area (Å²) in [4.78, 5) is 12.4. The van der Waals surface area contributed by atoms with E-state index in [2.05, 4.69) is 64.7 Å². The molecule has 0 spiro atoms. The highest BCUT2D eigenvalue weighted by Crippen LogP contribution is 2.50. The summed E-state index contributed by atoms with van der Waals surface area (Å²) in [7, 11) is 0.926. The number of nitrogens with zero attached hydrogens (tertiary/aromatic N) is 3. The molecule has 1 rings (SSSR count).